The topological polar surface area (TPSA) is 67.4 Å². The fourth-order valence-corrected chi connectivity index (χ4v) is 1.53. The normalized spacial score (nSPS) is 16.4. The minimum atomic E-state index is -0.438. The molecule has 1 rings (SSSR count). The van der Waals surface area contributed by atoms with E-state index in [0.717, 1.165) is 12.8 Å². The van der Waals surface area contributed by atoms with E-state index in [1.807, 2.05) is 0 Å². The second-order valence-corrected chi connectivity index (χ2v) is 3.38. The van der Waals surface area contributed by atoms with Gasteiger partial charge in [0, 0.05) is 6.04 Å². The highest BCUT2D eigenvalue weighted by Crippen LogP contribution is 2.17. The summed E-state index contributed by atoms with van der Waals surface area (Å²) in [6.45, 7) is -0.0744. The number of esters is 1. The van der Waals surface area contributed by atoms with Crippen LogP contribution in [0.1, 0.15) is 25.7 Å². The highest BCUT2D eigenvalue weighted by molar-refractivity contribution is 5.80. The summed E-state index contributed by atoms with van der Waals surface area (Å²) in [5, 5.41) is 5.24. The molecule has 0 heterocycles. The zero-order chi connectivity index (χ0) is 10.4. The summed E-state index contributed by atoms with van der Waals surface area (Å²) in [5.74, 6) is -0.438. The Balaban J connectivity index is 2.12. The smallest absolute Gasteiger partial charge is 0.325 e. The maximum Gasteiger partial charge on any atom is 0.325 e. The van der Waals surface area contributed by atoms with Gasteiger partial charge in [-0.15, -0.1) is 0 Å². The van der Waals surface area contributed by atoms with Crippen LogP contribution in [0.3, 0.4) is 0 Å². The summed E-state index contributed by atoms with van der Waals surface area (Å²) >= 11 is 0. The van der Waals surface area contributed by atoms with E-state index in [1.54, 1.807) is 0 Å². The largest absolute Gasteiger partial charge is 0.468 e. The number of nitrogens with one attached hydrogen (secondary N) is 2. The Hall–Kier alpha value is -1.26. The fraction of sp³-hybridized carbons (Fsp3) is 0.778. The van der Waals surface area contributed by atoms with Crippen molar-refractivity contribution in [1.82, 2.24) is 10.6 Å². The molecule has 0 saturated heterocycles. The van der Waals surface area contributed by atoms with E-state index in [-0.39, 0.29) is 18.6 Å². The van der Waals surface area contributed by atoms with Crippen molar-refractivity contribution in [2.24, 2.45) is 0 Å². The van der Waals surface area contributed by atoms with Crippen molar-refractivity contribution in [3.8, 4) is 0 Å². The number of urea groups is 1. The van der Waals surface area contributed by atoms with Crippen LogP contribution < -0.4 is 10.6 Å². The Morgan fingerprint density at radius 3 is 2.57 bits per heavy atom. The lowest BCUT2D eigenvalue weighted by atomic mass is 10.2. The number of carbonyl (C=O) groups excluding carboxylic acids is 2. The highest BCUT2D eigenvalue weighted by Gasteiger charge is 2.16. The molecule has 0 unspecified atom stereocenters. The van der Waals surface area contributed by atoms with E-state index in [4.69, 9.17) is 0 Å². The number of methoxy groups -OCH3 is 1. The quantitative estimate of drug-likeness (QED) is 0.648. The molecule has 5 nitrogen and oxygen atoms in total. The number of rotatable bonds is 3. The average Bonchev–Trinajstić information content (AvgIpc) is 2.66. The van der Waals surface area contributed by atoms with E-state index >= 15 is 0 Å². The molecule has 0 aromatic heterocycles. The van der Waals surface area contributed by atoms with E-state index in [0.29, 0.717) is 0 Å². The molecule has 0 aromatic rings. The second kappa shape index (κ2) is 5.47. The minimum absolute atomic E-state index is 0.0744. The molecular formula is C9H16N2O3. The lowest BCUT2D eigenvalue weighted by Gasteiger charge is -2.12. The van der Waals surface area contributed by atoms with E-state index in [1.165, 1.54) is 20.0 Å². The Morgan fingerprint density at radius 2 is 2.00 bits per heavy atom. The number of hydrogen-bond acceptors (Lipinski definition) is 3. The standard InChI is InChI=1S/C9H16N2O3/c1-14-8(12)6-10-9(13)11-7-4-2-3-5-7/h7H,2-6H2,1H3,(H2,10,11,13). The highest BCUT2D eigenvalue weighted by atomic mass is 16.5. The van der Waals surface area contributed by atoms with Crippen molar-refractivity contribution in [2.75, 3.05) is 13.7 Å². The Bertz CT molecular complexity index is 212. The van der Waals surface area contributed by atoms with E-state index in [9.17, 15) is 9.59 Å². The predicted octanol–water partition coefficient (Wildman–Crippen LogP) is 0.401. The van der Waals surface area contributed by atoms with Crippen molar-refractivity contribution in [2.45, 2.75) is 31.7 Å². The Morgan fingerprint density at radius 1 is 1.36 bits per heavy atom. The summed E-state index contributed by atoms with van der Waals surface area (Å²) in [6.07, 6.45) is 4.40. The molecule has 1 fully saturated rings. The molecule has 0 radical (unpaired) electrons. The SMILES string of the molecule is COC(=O)CNC(=O)NC1CCCC1. The molecule has 14 heavy (non-hydrogen) atoms. The van der Waals surface area contributed by atoms with Crippen molar-refractivity contribution < 1.29 is 14.3 Å². The molecule has 1 aliphatic carbocycles. The van der Waals surface area contributed by atoms with Crippen LogP contribution in [0.4, 0.5) is 4.79 Å². The predicted molar refractivity (Wildman–Crippen MR) is 50.8 cm³/mol. The van der Waals surface area contributed by atoms with Gasteiger partial charge in [0.15, 0.2) is 0 Å². The maximum absolute atomic E-state index is 11.2. The first-order chi connectivity index (χ1) is 6.72. The van der Waals surface area contributed by atoms with Crippen molar-refractivity contribution in [1.29, 1.82) is 0 Å². The lowest BCUT2D eigenvalue weighted by molar-refractivity contribution is -0.139. The van der Waals surface area contributed by atoms with Crippen LogP contribution in [0.15, 0.2) is 0 Å². The van der Waals surface area contributed by atoms with Gasteiger partial charge in [-0.3, -0.25) is 4.79 Å². The number of ether oxygens (including phenoxy) is 1. The fourth-order valence-electron chi connectivity index (χ4n) is 1.53. The molecule has 80 valence electrons. The monoisotopic (exact) mass is 200 g/mol. The summed E-state index contributed by atoms with van der Waals surface area (Å²) < 4.78 is 4.39. The molecule has 0 aliphatic heterocycles. The van der Waals surface area contributed by atoms with Crippen LogP contribution in [0, 0.1) is 0 Å². The number of hydrogen-bond donors (Lipinski definition) is 2. The number of amides is 2. The molecule has 0 bridgehead atoms. The van der Waals surface area contributed by atoms with Crippen LogP contribution in [-0.2, 0) is 9.53 Å². The van der Waals surface area contributed by atoms with E-state index < -0.39 is 5.97 Å². The molecule has 2 N–H and O–H groups in total. The molecular weight excluding hydrogens is 184 g/mol. The van der Waals surface area contributed by atoms with Gasteiger partial charge in [-0.05, 0) is 12.8 Å². The van der Waals surface area contributed by atoms with Crippen molar-refractivity contribution >= 4 is 12.0 Å². The molecule has 2 amide bonds. The van der Waals surface area contributed by atoms with Crippen molar-refractivity contribution in [3.63, 3.8) is 0 Å². The molecule has 0 aromatic carbocycles. The van der Waals surface area contributed by atoms with Gasteiger partial charge in [0.1, 0.15) is 6.54 Å². The molecule has 1 saturated carbocycles. The average molecular weight is 200 g/mol. The van der Waals surface area contributed by atoms with Crippen LogP contribution in [0.25, 0.3) is 0 Å². The Kier molecular flexibility index (Phi) is 4.22. The number of carbonyl (C=O) groups is 2. The first-order valence-electron chi connectivity index (χ1n) is 4.83. The third-order valence-electron chi connectivity index (χ3n) is 2.31. The van der Waals surface area contributed by atoms with Crippen LogP contribution in [-0.4, -0.2) is 31.7 Å². The summed E-state index contributed by atoms with van der Waals surface area (Å²) in [6, 6.07) is -0.0186. The van der Waals surface area contributed by atoms with Gasteiger partial charge in [-0.25, -0.2) is 4.79 Å². The third-order valence-corrected chi connectivity index (χ3v) is 2.31. The van der Waals surface area contributed by atoms with Gasteiger partial charge >= 0.3 is 12.0 Å². The summed E-state index contributed by atoms with van der Waals surface area (Å²) in [7, 11) is 1.29. The molecule has 5 heteroatoms. The molecule has 1 aliphatic rings. The van der Waals surface area contributed by atoms with Crippen LogP contribution in [0.5, 0.6) is 0 Å². The first kappa shape index (κ1) is 10.8. The first-order valence-corrected chi connectivity index (χ1v) is 4.83. The van der Waals surface area contributed by atoms with Crippen LogP contribution in [0.2, 0.25) is 0 Å². The molecule has 0 atom stereocenters. The van der Waals surface area contributed by atoms with Gasteiger partial charge < -0.3 is 15.4 Å². The molecule has 0 spiro atoms. The van der Waals surface area contributed by atoms with Gasteiger partial charge in [-0.2, -0.15) is 0 Å². The summed E-state index contributed by atoms with van der Waals surface area (Å²) in [5.41, 5.74) is 0. The van der Waals surface area contributed by atoms with Gasteiger partial charge in [-0.1, -0.05) is 12.8 Å². The zero-order valence-corrected chi connectivity index (χ0v) is 8.34. The minimum Gasteiger partial charge on any atom is -0.468 e. The van der Waals surface area contributed by atoms with Crippen molar-refractivity contribution in [3.05, 3.63) is 0 Å². The van der Waals surface area contributed by atoms with Gasteiger partial charge in [0.2, 0.25) is 0 Å². The van der Waals surface area contributed by atoms with E-state index in [2.05, 4.69) is 15.4 Å². The van der Waals surface area contributed by atoms with Gasteiger partial charge in [0.25, 0.3) is 0 Å². The summed E-state index contributed by atoms with van der Waals surface area (Å²) in [4.78, 5) is 21.9. The van der Waals surface area contributed by atoms with Gasteiger partial charge in [0.05, 0.1) is 7.11 Å². The second-order valence-electron chi connectivity index (χ2n) is 3.38. The zero-order valence-electron chi connectivity index (χ0n) is 8.34. The maximum atomic E-state index is 11.2. The lowest BCUT2D eigenvalue weighted by Crippen LogP contribution is -2.42. The van der Waals surface area contributed by atoms with Crippen LogP contribution >= 0.6 is 0 Å². The third kappa shape index (κ3) is 3.64. The Labute approximate surface area is 83.2 Å².